The number of carbonyl (C=O) groups excluding carboxylic acids is 1. The highest BCUT2D eigenvalue weighted by Gasteiger charge is 2.25. The SMILES string of the molecule is CC(O)C(Cc1ccc(S(C)(=O)=O)cc1)C(=O)Nc1cc(O)ccc1F. The second-order valence-electron chi connectivity index (χ2n) is 6.12. The summed E-state index contributed by atoms with van der Waals surface area (Å²) in [6, 6.07) is 9.23. The fourth-order valence-electron chi connectivity index (χ4n) is 2.44. The van der Waals surface area contributed by atoms with E-state index >= 15 is 0 Å². The zero-order chi connectivity index (χ0) is 19.5. The van der Waals surface area contributed by atoms with Crippen molar-refractivity contribution >= 4 is 21.4 Å². The molecule has 0 spiro atoms. The van der Waals surface area contributed by atoms with Crippen LogP contribution in [-0.4, -0.2) is 36.9 Å². The van der Waals surface area contributed by atoms with Crippen LogP contribution >= 0.6 is 0 Å². The van der Waals surface area contributed by atoms with Crippen LogP contribution in [0, 0.1) is 11.7 Å². The molecule has 2 aromatic rings. The number of halogens is 1. The van der Waals surface area contributed by atoms with E-state index in [1.807, 2.05) is 0 Å². The molecule has 2 atom stereocenters. The zero-order valence-electron chi connectivity index (χ0n) is 14.3. The van der Waals surface area contributed by atoms with Gasteiger partial charge in [-0.15, -0.1) is 0 Å². The summed E-state index contributed by atoms with van der Waals surface area (Å²) in [5.41, 5.74) is 0.461. The minimum absolute atomic E-state index is 0.133. The molecule has 6 nitrogen and oxygen atoms in total. The van der Waals surface area contributed by atoms with Gasteiger partial charge in [-0.25, -0.2) is 12.8 Å². The summed E-state index contributed by atoms with van der Waals surface area (Å²) in [5, 5.41) is 21.7. The summed E-state index contributed by atoms with van der Waals surface area (Å²) in [6.07, 6.45) is 0.205. The maximum Gasteiger partial charge on any atom is 0.230 e. The zero-order valence-corrected chi connectivity index (χ0v) is 15.1. The molecular weight excluding hydrogens is 361 g/mol. The summed E-state index contributed by atoms with van der Waals surface area (Å²) >= 11 is 0. The highest BCUT2D eigenvalue weighted by molar-refractivity contribution is 7.90. The number of amides is 1. The highest BCUT2D eigenvalue weighted by Crippen LogP contribution is 2.22. The molecule has 0 radical (unpaired) electrons. The van der Waals surface area contributed by atoms with E-state index in [1.165, 1.54) is 19.1 Å². The number of hydrogen-bond acceptors (Lipinski definition) is 5. The molecule has 2 aromatic carbocycles. The van der Waals surface area contributed by atoms with E-state index in [0.29, 0.717) is 5.56 Å². The van der Waals surface area contributed by atoms with Crippen LogP contribution in [-0.2, 0) is 21.1 Å². The summed E-state index contributed by atoms with van der Waals surface area (Å²) in [7, 11) is -3.32. The molecule has 0 saturated carbocycles. The first kappa shape index (κ1) is 19.9. The maximum absolute atomic E-state index is 13.7. The van der Waals surface area contributed by atoms with Crippen molar-refractivity contribution in [3.8, 4) is 5.75 Å². The Balaban J connectivity index is 2.18. The molecule has 0 saturated heterocycles. The Kier molecular flexibility index (Phi) is 5.99. The van der Waals surface area contributed by atoms with E-state index in [0.717, 1.165) is 24.5 Å². The van der Waals surface area contributed by atoms with Crippen LogP contribution < -0.4 is 5.32 Å². The van der Waals surface area contributed by atoms with Crippen molar-refractivity contribution in [2.45, 2.75) is 24.3 Å². The first-order valence-electron chi connectivity index (χ1n) is 7.84. The Morgan fingerprint density at radius 3 is 2.35 bits per heavy atom. The largest absolute Gasteiger partial charge is 0.508 e. The molecule has 26 heavy (non-hydrogen) atoms. The monoisotopic (exact) mass is 381 g/mol. The first-order valence-corrected chi connectivity index (χ1v) is 9.73. The standard InChI is InChI=1S/C18H20FNO5S/c1-11(21)15(9-12-3-6-14(7-4-12)26(2,24)25)18(23)20-17-10-13(22)5-8-16(17)19/h3-8,10-11,15,21-22H,9H2,1-2H3,(H,20,23). The lowest BCUT2D eigenvalue weighted by Crippen LogP contribution is -2.33. The van der Waals surface area contributed by atoms with E-state index in [4.69, 9.17) is 0 Å². The van der Waals surface area contributed by atoms with Crippen LogP contribution in [0.4, 0.5) is 10.1 Å². The van der Waals surface area contributed by atoms with Crippen molar-refractivity contribution in [3.05, 3.63) is 53.8 Å². The van der Waals surface area contributed by atoms with E-state index in [9.17, 15) is 27.8 Å². The average molecular weight is 381 g/mol. The van der Waals surface area contributed by atoms with E-state index in [-0.39, 0.29) is 22.8 Å². The topological polar surface area (TPSA) is 104 Å². The number of aliphatic hydroxyl groups excluding tert-OH is 1. The lowest BCUT2D eigenvalue weighted by atomic mass is 9.94. The number of hydrogen-bond donors (Lipinski definition) is 3. The fourth-order valence-corrected chi connectivity index (χ4v) is 3.07. The summed E-state index contributed by atoms with van der Waals surface area (Å²) in [5.74, 6) is -2.41. The van der Waals surface area contributed by atoms with Crippen LogP contribution in [0.3, 0.4) is 0 Å². The van der Waals surface area contributed by atoms with Gasteiger partial charge in [0.25, 0.3) is 0 Å². The molecule has 0 fully saturated rings. The predicted molar refractivity (Wildman–Crippen MR) is 95.1 cm³/mol. The average Bonchev–Trinajstić information content (AvgIpc) is 2.55. The van der Waals surface area contributed by atoms with Crippen LogP contribution in [0.25, 0.3) is 0 Å². The molecule has 0 aliphatic carbocycles. The van der Waals surface area contributed by atoms with Crippen molar-refractivity contribution in [2.75, 3.05) is 11.6 Å². The van der Waals surface area contributed by atoms with Gasteiger partial charge in [-0.2, -0.15) is 0 Å². The molecule has 0 aliphatic heterocycles. The van der Waals surface area contributed by atoms with E-state index in [1.54, 1.807) is 12.1 Å². The number of nitrogens with one attached hydrogen (secondary N) is 1. The minimum Gasteiger partial charge on any atom is -0.508 e. The van der Waals surface area contributed by atoms with Crippen LogP contribution in [0.1, 0.15) is 12.5 Å². The predicted octanol–water partition coefficient (Wildman–Crippen LogP) is 2.11. The molecule has 0 heterocycles. The molecule has 2 unspecified atom stereocenters. The van der Waals surface area contributed by atoms with Gasteiger partial charge in [0.2, 0.25) is 5.91 Å². The van der Waals surface area contributed by atoms with Crippen molar-refractivity contribution < 1.29 is 27.8 Å². The number of phenols is 1. The third kappa shape index (κ3) is 5.03. The number of rotatable bonds is 6. The molecule has 2 rings (SSSR count). The highest BCUT2D eigenvalue weighted by atomic mass is 32.2. The van der Waals surface area contributed by atoms with Crippen LogP contribution in [0.15, 0.2) is 47.4 Å². The van der Waals surface area contributed by atoms with Gasteiger partial charge in [0.1, 0.15) is 11.6 Å². The van der Waals surface area contributed by atoms with E-state index < -0.39 is 33.6 Å². The van der Waals surface area contributed by atoms with Gasteiger partial charge < -0.3 is 15.5 Å². The molecule has 140 valence electrons. The number of anilines is 1. The number of sulfone groups is 1. The number of aliphatic hydroxyl groups is 1. The Bertz CT molecular complexity index is 894. The molecule has 0 bridgehead atoms. The van der Waals surface area contributed by atoms with Crippen molar-refractivity contribution in [2.24, 2.45) is 5.92 Å². The smallest absolute Gasteiger partial charge is 0.230 e. The normalized spacial score (nSPS) is 13.8. The Labute approximate surface area is 151 Å². The molecule has 8 heteroatoms. The summed E-state index contributed by atoms with van der Waals surface area (Å²) in [6.45, 7) is 1.44. The van der Waals surface area contributed by atoms with Crippen molar-refractivity contribution in [3.63, 3.8) is 0 Å². The van der Waals surface area contributed by atoms with Gasteiger partial charge in [-0.1, -0.05) is 12.1 Å². The van der Waals surface area contributed by atoms with Crippen LogP contribution in [0.2, 0.25) is 0 Å². The molecule has 0 aliphatic rings. The quantitative estimate of drug-likeness (QED) is 0.711. The van der Waals surface area contributed by atoms with Gasteiger partial charge in [-0.05, 0) is 43.2 Å². The molecule has 1 amide bonds. The lowest BCUT2D eigenvalue weighted by molar-refractivity contribution is -0.122. The summed E-state index contributed by atoms with van der Waals surface area (Å²) in [4.78, 5) is 12.6. The molecular formula is C18H20FNO5S. The second-order valence-corrected chi connectivity index (χ2v) is 8.14. The third-order valence-corrected chi connectivity index (χ3v) is 5.06. The third-order valence-electron chi connectivity index (χ3n) is 3.93. The Morgan fingerprint density at radius 2 is 1.81 bits per heavy atom. The number of carbonyl (C=O) groups is 1. The van der Waals surface area contributed by atoms with Gasteiger partial charge >= 0.3 is 0 Å². The first-order chi connectivity index (χ1) is 12.1. The van der Waals surface area contributed by atoms with Gasteiger partial charge in [0.05, 0.1) is 22.6 Å². The number of benzene rings is 2. The molecule has 0 aromatic heterocycles. The van der Waals surface area contributed by atoms with Gasteiger partial charge in [0.15, 0.2) is 9.84 Å². The number of phenolic OH excluding ortho intramolecular Hbond substituents is 1. The number of aromatic hydroxyl groups is 1. The minimum atomic E-state index is -3.32. The molecule has 3 N–H and O–H groups in total. The van der Waals surface area contributed by atoms with Gasteiger partial charge in [0, 0.05) is 12.3 Å². The van der Waals surface area contributed by atoms with E-state index in [2.05, 4.69) is 5.32 Å². The lowest BCUT2D eigenvalue weighted by Gasteiger charge is -2.20. The fraction of sp³-hybridized carbons (Fsp3) is 0.278. The Hall–Kier alpha value is -2.45. The van der Waals surface area contributed by atoms with Crippen molar-refractivity contribution in [1.29, 1.82) is 0 Å². The van der Waals surface area contributed by atoms with Crippen LogP contribution in [0.5, 0.6) is 5.75 Å². The Morgan fingerprint density at radius 1 is 1.19 bits per heavy atom. The maximum atomic E-state index is 13.7. The second kappa shape index (κ2) is 7.84. The van der Waals surface area contributed by atoms with Crippen molar-refractivity contribution in [1.82, 2.24) is 0 Å². The van der Waals surface area contributed by atoms with Gasteiger partial charge in [-0.3, -0.25) is 4.79 Å². The summed E-state index contributed by atoms with van der Waals surface area (Å²) < 4.78 is 36.7.